The number of carbonyl (C=O) groups is 1. The summed E-state index contributed by atoms with van der Waals surface area (Å²) in [7, 11) is 1.63. The second-order valence-electron chi connectivity index (χ2n) is 6.41. The molecule has 2 heterocycles. The predicted octanol–water partition coefficient (Wildman–Crippen LogP) is 3.55. The van der Waals surface area contributed by atoms with Gasteiger partial charge in [0.2, 0.25) is 0 Å². The number of hydrogen-bond acceptors (Lipinski definition) is 4. The summed E-state index contributed by atoms with van der Waals surface area (Å²) in [4.78, 5) is 19.4. The van der Waals surface area contributed by atoms with Crippen LogP contribution in [0.1, 0.15) is 36.5 Å². The van der Waals surface area contributed by atoms with Gasteiger partial charge >= 0.3 is 0 Å². The van der Waals surface area contributed by atoms with Crippen LogP contribution in [0.5, 0.6) is 5.75 Å². The zero-order chi connectivity index (χ0) is 16.2. The van der Waals surface area contributed by atoms with E-state index in [1.54, 1.807) is 13.3 Å². The SMILES string of the molecule is COc1ccc(C(=O)CCN2CCC(C)CC2)c2cccnc12. The summed E-state index contributed by atoms with van der Waals surface area (Å²) in [5, 5.41) is 0.879. The molecule has 1 aromatic heterocycles. The van der Waals surface area contributed by atoms with Gasteiger partial charge in [-0.2, -0.15) is 0 Å². The van der Waals surface area contributed by atoms with Crippen LogP contribution in [-0.4, -0.2) is 42.4 Å². The summed E-state index contributed by atoms with van der Waals surface area (Å²) in [6.45, 7) is 5.37. The molecule has 1 saturated heterocycles. The molecule has 1 aliphatic heterocycles. The molecule has 2 aromatic rings. The van der Waals surface area contributed by atoms with Gasteiger partial charge in [0.15, 0.2) is 5.78 Å². The molecule has 0 saturated carbocycles. The van der Waals surface area contributed by atoms with Crippen molar-refractivity contribution in [1.29, 1.82) is 0 Å². The van der Waals surface area contributed by atoms with Gasteiger partial charge in [0.05, 0.1) is 7.11 Å². The fourth-order valence-electron chi connectivity index (χ4n) is 3.23. The lowest BCUT2D eigenvalue weighted by Crippen LogP contribution is -2.34. The van der Waals surface area contributed by atoms with Crippen LogP contribution in [0.3, 0.4) is 0 Å². The van der Waals surface area contributed by atoms with Crippen molar-refractivity contribution >= 4 is 16.7 Å². The lowest BCUT2D eigenvalue weighted by Gasteiger charge is -2.29. The van der Waals surface area contributed by atoms with E-state index in [-0.39, 0.29) is 5.78 Å². The van der Waals surface area contributed by atoms with E-state index in [1.807, 2.05) is 24.3 Å². The highest BCUT2D eigenvalue weighted by Crippen LogP contribution is 2.27. The van der Waals surface area contributed by atoms with Crippen molar-refractivity contribution in [2.75, 3.05) is 26.7 Å². The topological polar surface area (TPSA) is 42.4 Å². The molecular weight excluding hydrogens is 288 g/mol. The van der Waals surface area contributed by atoms with Crippen molar-refractivity contribution < 1.29 is 9.53 Å². The van der Waals surface area contributed by atoms with Gasteiger partial charge in [-0.3, -0.25) is 9.78 Å². The number of ketones is 1. The predicted molar refractivity (Wildman–Crippen MR) is 92.1 cm³/mol. The smallest absolute Gasteiger partial charge is 0.164 e. The van der Waals surface area contributed by atoms with Gasteiger partial charge in [-0.05, 0) is 50.0 Å². The van der Waals surface area contributed by atoms with Gasteiger partial charge < -0.3 is 9.64 Å². The molecule has 0 N–H and O–H groups in total. The van der Waals surface area contributed by atoms with Crippen LogP contribution in [-0.2, 0) is 0 Å². The van der Waals surface area contributed by atoms with E-state index in [4.69, 9.17) is 4.74 Å². The van der Waals surface area contributed by atoms with Gasteiger partial charge in [-0.15, -0.1) is 0 Å². The number of aromatic nitrogens is 1. The Bertz CT molecular complexity index is 691. The number of Topliss-reactive ketones (excluding diaryl/α,β-unsaturated/α-hetero) is 1. The van der Waals surface area contributed by atoms with E-state index in [9.17, 15) is 4.79 Å². The molecule has 0 unspecified atom stereocenters. The Balaban J connectivity index is 1.74. The molecule has 0 bridgehead atoms. The third-order valence-electron chi connectivity index (χ3n) is 4.78. The molecule has 23 heavy (non-hydrogen) atoms. The van der Waals surface area contributed by atoms with Crippen molar-refractivity contribution in [3.63, 3.8) is 0 Å². The Morgan fingerprint density at radius 1 is 1.30 bits per heavy atom. The van der Waals surface area contributed by atoms with Crippen molar-refractivity contribution in [1.82, 2.24) is 9.88 Å². The normalized spacial score (nSPS) is 16.6. The number of nitrogens with zero attached hydrogens (tertiary/aromatic N) is 2. The molecule has 0 amide bonds. The molecule has 4 nitrogen and oxygen atoms in total. The van der Waals surface area contributed by atoms with Gasteiger partial charge in [0.1, 0.15) is 11.3 Å². The Kier molecular flexibility index (Phi) is 4.91. The highest BCUT2D eigenvalue weighted by molar-refractivity contribution is 6.08. The fraction of sp³-hybridized carbons (Fsp3) is 0.474. The average molecular weight is 312 g/mol. The molecule has 1 aliphatic rings. The number of hydrogen-bond donors (Lipinski definition) is 0. The molecule has 4 heteroatoms. The minimum atomic E-state index is 0.185. The van der Waals surface area contributed by atoms with Crippen LogP contribution >= 0.6 is 0 Å². The Morgan fingerprint density at radius 2 is 2.09 bits per heavy atom. The van der Waals surface area contributed by atoms with Crippen LogP contribution in [0.25, 0.3) is 10.9 Å². The van der Waals surface area contributed by atoms with Crippen LogP contribution in [0.4, 0.5) is 0 Å². The van der Waals surface area contributed by atoms with E-state index < -0.39 is 0 Å². The van der Waals surface area contributed by atoms with E-state index in [1.165, 1.54) is 12.8 Å². The minimum absolute atomic E-state index is 0.185. The summed E-state index contributed by atoms with van der Waals surface area (Å²) < 4.78 is 5.35. The largest absolute Gasteiger partial charge is 0.494 e. The lowest BCUT2D eigenvalue weighted by molar-refractivity contribution is 0.0954. The molecule has 1 fully saturated rings. The zero-order valence-corrected chi connectivity index (χ0v) is 13.9. The molecule has 0 atom stereocenters. The number of likely N-dealkylation sites (tertiary alicyclic amines) is 1. The Labute approximate surface area is 137 Å². The first kappa shape index (κ1) is 15.9. The maximum atomic E-state index is 12.7. The van der Waals surface area contributed by atoms with Crippen LogP contribution in [0.2, 0.25) is 0 Å². The lowest BCUT2D eigenvalue weighted by atomic mass is 9.98. The molecular formula is C19H24N2O2. The van der Waals surface area contributed by atoms with E-state index >= 15 is 0 Å². The minimum Gasteiger partial charge on any atom is -0.494 e. The number of fused-ring (bicyclic) bond motifs is 1. The summed E-state index contributed by atoms with van der Waals surface area (Å²) in [6.07, 6.45) is 4.77. The summed E-state index contributed by atoms with van der Waals surface area (Å²) in [6, 6.07) is 7.51. The van der Waals surface area contributed by atoms with Gasteiger partial charge in [-0.1, -0.05) is 13.0 Å². The number of piperidine rings is 1. The summed E-state index contributed by atoms with van der Waals surface area (Å²) in [5.41, 5.74) is 1.51. The second-order valence-corrected chi connectivity index (χ2v) is 6.41. The fourth-order valence-corrected chi connectivity index (χ4v) is 3.23. The van der Waals surface area contributed by atoms with Crippen molar-refractivity contribution in [2.45, 2.75) is 26.2 Å². The number of methoxy groups -OCH3 is 1. The van der Waals surface area contributed by atoms with Gasteiger partial charge in [0, 0.05) is 30.1 Å². The molecule has 122 valence electrons. The third-order valence-corrected chi connectivity index (χ3v) is 4.78. The zero-order valence-electron chi connectivity index (χ0n) is 13.9. The molecule has 0 radical (unpaired) electrons. The number of rotatable bonds is 5. The van der Waals surface area contributed by atoms with Crippen molar-refractivity contribution in [2.24, 2.45) is 5.92 Å². The standard InChI is InChI=1S/C19H24N2O2/c1-14-7-11-21(12-8-14)13-9-17(22)15-5-6-18(23-2)19-16(15)4-3-10-20-19/h3-6,10,14H,7-9,11-13H2,1-2H3. The first-order valence-electron chi connectivity index (χ1n) is 8.36. The van der Waals surface area contributed by atoms with Gasteiger partial charge in [0.25, 0.3) is 0 Å². The first-order valence-corrected chi connectivity index (χ1v) is 8.36. The number of carbonyl (C=O) groups excluding carboxylic acids is 1. The van der Waals surface area contributed by atoms with Crippen molar-refractivity contribution in [3.05, 3.63) is 36.0 Å². The molecule has 1 aromatic carbocycles. The van der Waals surface area contributed by atoms with Crippen LogP contribution in [0.15, 0.2) is 30.5 Å². The maximum absolute atomic E-state index is 12.7. The number of pyridine rings is 1. The molecule has 0 aliphatic carbocycles. The number of ether oxygens (including phenoxy) is 1. The van der Waals surface area contributed by atoms with Crippen LogP contribution < -0.4 is 4.74 Å². The van der Waals surface area contributed by atoms with Crippen LogP contribution in [0, 0.1) is 5.92 Å². The average Bonchev–Trinajstić information content (AvgIpc) is 2.60. The monoisotopic (exact) mass is 312 g/mol. The van der Waals surface area contributed by atoms with E-state index in [0.717, 1.165) is 42.0 Å². The highest BCUT2D eigenvalue weighted by Gasteiger charge is 2.18. The highest BCUT2D eigenvalue weighted by atomic mass is 16.5. The molecule has 0 spiro atoms. The first-order chi connectivity index (χ1) is 11.2. The molecule has 3 rings (SSSR count). The Morgan fingerprint density at radius 3 is 2.83 bits per heavy atom. The summed E-state index contributed by atoms with van der Waals surface area (Å²) in [5.74, 6) is 1.71. The quantitative estimate of drug-likeness (QED) is 0.792. The second kappa shape index (κ2) is 7.09. The van der Waals surface area contributed by atoms with E-state index in [2.05, 4.69) is 16.8 Å². The number of benzene rings is 1. The summed E-state index contributed by atoms with van der Waals surface area (Å²) >= 11 is 0. The van der Waals surface area contributed by atoms with E-state index in [0.29, 0.717) is 12.2 Å². The van der Waals surface area contributed by atoms with Crippen molar-refractivity contribution in [3.8, 4) is 5.75 Å². The Hall–Kier alpha value is -1.94. The third kappa shape index (κ3) is 3.53. The van der Waals surface area contributed by atoms with Gasteiger partial charge in [-0.25, -0.2) is 0 Å². The maximum Gasteiger partial charge on any atom is 0.164 e.